The highest BCUT2D eigenvalue weighted by molar-refractivity contribution is 9.10. The van der Waals surface area contributed by atoms with Gasteiger partial charge in [-0.15, -0.1) is 0 Å². The quantitative estimate of drug-likeness (QED) is 0.898. The van der Waals surface area contributed by atoms with E-state index in [0.717, 1.165) is 4.47 Å². The van der Waals surface area contributed by atoms with Crippen molar-refractivity contribution in [3.63, 3.8) is 0 Å². The number of hydrogen-bond acceptors (Lipinski definition) is 3. The second-order valence-corrected chi connectivity index (χ2v) is 5.75. The monoisotopic (exact) mass is 299 g/mol. The van der Waals surface area contributed by atoms with Crippen molar-refractivity contribution in [1.29, 1.82) is 0 Å². The summed E-state index contributed by atoms with van der Waals surface area (Å²) >= 11 is 3.29. The van der Waals surface area contributed by atoms with Crippen molar-refractivity contribution in [2.24, 2.45) is 0 Å². The molecule has 0 saturated heterocycles. The second-order valence-electron chi connectivity index (χ2n) is 4.84. The fraction of sp³-hybridized carbons (Fsp3) is 0.500. The maximum Gasteiger partial charge on any atom is 0.226 e. The molecule has 4 nitrogen and oxygen atoms in total. The zero-order valence-electron chi connectivity index (χ0n) is 10.4. The van der Waals surface area contributed by atoms with Crippen molar-refractivity contribution in [1.82, 2.24) is 10.3 Å². The lowest BCUT2D eigenvalue weighted by Gasteiger charge is -2.20. The van der Waals surface area contributed by atoms with Gasteiger partial charge in [0.05, 0.1) is 0 Å². The number of nitrogens with one attached hydrogen (secondary N) is 2. The summed E-state index contributed by atoms with van der Waals surface area (Å²) in [5.41, 5.74) is 0.0378. The normalized spacial score (nSPS) is 11.3. The van der Waals surface area contributed by atoms with Gasteiger partial charge >= 0.3 is 0 Å². The van der Waals surface area contributed by atoms with Crippen LogP contribution in [0.4, 0.5) is 5.82 Å². The molecule has 0 radical (unpaired) electrons. The molecule has 0 spiro atoms. The molecule has 1 amide bonds. The van der Waals surface area contributed by atoms with Crippen molar-refractivity contribution >= 4 is 27.7 Å². The Labute approximate surface area is 110 Å². The number of pyridine rings is 1. The molecule has 1 aromatic heterocycles. The first kappa shape index (κ1) is 14.1. The van der Waals surface area contributed by atoms with E-state index in [1.165, 1.54) is 0 Å². The van der Waals surface area contributed by atoms with Gasteiger partial charge in [-0.3, -0.25) is 4.79 Å². The highest BCUT2D eigenvalue weighted by atomic mass is 79.9. The van der Waals surface area contributed by atoms with E-state index in [9.17, 15) is 4.79 Å². The van der Waals surface area contributed by atoms with Crippen LogP contribution in [0.1, 0.15) is 27.2 Å². The van der Waals surface area contributed by atoms with Gasteiger partial charge in [0.2, 0.25) is 5.91 Å². The van der Waals surface area contributed by atoms with E-state index in [1.54, 1.807) is 12.3 Å². The predicted octanol–water partition coefficient (Wildman–Crippen LogP) is 2.56. The van der Waals surface area contributed by atoms with E-state index >= 15 is 0 Å². The van der Waals surface area contributed by atoms with Crippen LogP contribution in [0.25, 0.3) is 0 Å². The number of anilines is 1. The Kier molecular flexibility index (Phi) is 5.08. The van der Waals surface area contributed by atoms with Crippen molar-refractivity contribution in [2.75, 3.05) is 11.9 Å². The Hall–Kier alpha value is -0.940. The molecule has 0 aromatic carbocycles. The fourth-order valence-electron chi connectivity index (χ4n) is 1.21. The maximum atomic E-state index is 11.6. The van der Waals surface area contributed by atoms with E-state index in [2.05, 4.69) is 52.3 Å². The van der Waals surface area contributed by atoms with E-state index < -0.39 is 0 Å². The van der Waals surface area contributed by atoms with Gasteiger partial charge in [0.1, 0.15) is 5.82 Å². The van der Waals surface area contributed by atoms with Gasteiger partial charge in [0.25, 0.3) is 0 Å². The van der Waals surface area contributed by atoms with Crippen LogP contribution in [0, 0.1) is 0 Å². The van der Waals surface area contributed by atoms with Crippen LogP contribution < -0.4 is 10.6 Å². The van der Waals surface area contributed by atoms with E-state index in [1.807, 2.05) is 6.07 Å². The molecule has 0 fully saturated rings. The van der Waals surface area contributed by atoms with Gasteiger partial charge < -0.3 is 10.6 Å². The molecule has 0 bridgehead atoms. The number of rotatable bonds is 4. The topological polar surface area (TPSA) is 54.0 Å². The smallest absolute Gasteiger partial charge is 0.226 e. The summed E-state index contributed by atoms with van der Waals surface area (Å²) in [6, 6.07) is 3.61. The Morgan fingerprint density at radius 2 is 2.12 bits per heavy atom. The van der Waals surface area contributed by atoms with E-state index in [0.29, 0.717) is 18.8 Å². The Bertz CT molecular complexity index is 370. The molecular weight excluding hydrogens is 282 g/mol. The number of nitrogens with zero attached hydrogens (tertiary/aromatic N) is 1. The molecule has 0 unspecified atom stereocenters. The van der Waals surface area contributed by atoms with Crippen molar-refractivity contribution in [3.05, 3.63) is 22.8 Å². The molecule has 0 aliphatic carbocycles. The zero-order valence-corrected chi connectivity index (χ0v) is 12.0. The minimum absolute atomic E-state index is 0.0310. The van der Waals surface area contributed by atoms with Crippen molar-refractivity contribution < 1.29 is 4.79 Å². The molecule has 0 aliphatic heterocycles. The third-order valence-corrected chi connectivity index (χ3v) is 2.47. The molecule has 0 aliphatic rings. The average Bonchev–Trinajstić information content (AvgIpc) is 2.19. The molecular formula is C12H18BrN3O. The predicted molar refractivity (Wildman–Crippen MR) is 72.9 cm³/mol. The van der Waals surface area contributed by atoms with Crippen molar-refractivity contribution in [3.8, 4) is 0 Å². The number of halogens is 1. The standard InChI is InChI=1S/C12H18BrN3O/c1-12(2,3)15-7-6-11(17)16-10-5-4-9(13)8-14-10/h4-5,8,15H,6-7H2,1-3H3,(H,14,16,17). The van der Waals surface area contributed by atoms with Crippen LogP contribution in [-0.2, 0) is 4.79 Å². The fourth-order valence-corrected chi connectivity index (χ4v) is 1.44. The molecule has 5 heteroatoms. The number of carbonyl (C=O) groups excluding carboxylic acids is 1. The number of amides is 1. The summed E-state index contributed by atoms with van der Waals surface area (Å²) in [5, 5.41) is 6.00. The Morgan fingerprint density at radius 3 is 2.65 bits per heavy atom. The first-order chi connectivity index (χ1) is 7.87. The summed E-state index contributed by atoms with van der Waals surface area (Å²) in [4.78, 5) is 15.7. The largest absolute Gasteiger partial charge is 0.312 e. The molecule has 1 heterocycles. The molecule has 94 valence electrons. The van der Waals surface area contributed by atoms with Gasteiger partial charge in [-0.25, -0.2) is 4.98 Å². The van der Waals surface area contributed by atoms with Gasteiger partial charge in [0, 0.05) is 29.2 Å². The summed E-state index contributed by atoms with van der Waals surface area (Å²) in [6.45, 7) is 6.87. The van der Waals surface area contributed by atoms with E-state index in [-0.39, 0.29) is 11.4 Å². The Balaban J connectivity index is 2.32. The average molecular weight is 300 g/mol. The third-order valence-electron chi connectivity index (χ3n) is 2.00. The zero-order chi connectivity index (χ0) is 12.9. The third kappa shape index (κ3) is 6.38. The van der Waals surface area contributed by atoms with Crippen LogP contribution in [0.15, 0.2) is 22.8 Å². The lowest BCUT2D eigenvalue weighted by Crippen LogP contribution is -2.37. The van der Waals surface area contributed by atoms with Gasteiger partial charge in [0.15, 0.2) is 0 Å². The van der Waals surface area contributed by atoms with Gasteiger partial charge in [-0.1, -0.05) is 0 Å². The first-order valence-electron chi connectivity index (χ1n) is 5.53. The van der Waals surface area contributed by atoms with Crippen molar-refractivity contribution in [2.45, 2.75) is 32.7 Å². The lowest BCUT2D eigenvalue weighted by atomic mass is 10.1. The van der Waals surface area contributed by atoms with Crippen LogP contribution >= 0.6 is 15.9 Å². The number of hydrogen-bond donors (Lipinski definition) is 2. The summed E-state index contributed by atoms with van der Waals surface area (Å²) in [6.07, 6.45) is 2.10. The van der Waals surface area contributed by atoms with Crippen LogP contribution in [-0.4, -0.2) is 23.0 Å². The van der Waals surface area contributed by atoms with Gasteiger partial charge in [-0.05, 0) is 48.8 Å². The summed E-state index contributed by atoms with van der Waals surface area (Å²) in [7, 11) is 0. The van der Waals surface area contributed by atoms with Crippen LogP contribution in [0.2, 0.25) is 0 Å². The minimum Gasteiger partial charge on any atom is -0.312 e. The molecule has 1 rings (SSSR count). The van der Waals surface area contributed by atoms with Gasteiger partial charge in [-0.2, -0.15) is 0 Å². The maximum absolute atomic E-state index is 11.6. The molecule has 0 atom stereocenters. The SMILES string of the molecule is CC(C)(C)NCCC(=O)Nc1ccc(Br)cn1. The first-order valence-corrected chi connectivity index (χ1v) is 6.32. The molecule has 2 N–H and O–H groups in total. The number of aromatic nitrogens is 1. The van der Waals surface area contributed by atoms with E-state index in [4.69, 9.17) is 0 Å². The van der Waals surface area contributed by atoms with Crippen LogP contribution in [0.5, 0.6) is 0 Å². The highest BCUT2D eigenvalue weighted by Gasteiger charge is 2.09. The molecule has 17 heavy (non-hydrogen) atoms. The van der Waals surface area contributed by atoms with Crippen LogP contribution in [0.3, 0.4) is 0 Å². The highest BCUT2D eigenvalue weighted by Crippen LogP contribution is 2.10. The second kappa shape index (κ2) is 6.12. The lowest BCUT2D eigenvalue weighted by molar-refractivity contribution is -0.116. The summed E-state index contributed by atoms with van der Waals surface area (Å²) in [5.74, 6) is 0.547. The number of carbonyl (C=O) groups is 1. The molecule has 1 aromatic rings. The summed E-state index contributed by atoms with van der Waals surface area (Å²) < 4.78 is 0.893. The minimum atomic E-state index is -0.0310. The molecule has 0 saturated carbocycles. The Morgan fingerprint density at radius 1 is 1.41 bits per heavy atom.